The number of amides is 2. The van der Waals surface area contributed by atoms with E-state index in [2.05, 4.69) is 12.2 Å². The first-order chi connectivity index (χ1) is 12.7. The van der Waals surface area contributed by atoms with Gasteiger partial charge in [0.15, 0.2) is 0 Å². The van der Waals surface area contributed by atoms with Crippen molar-refractivity contribution in [3.05, 3.63) is 35.4 Å². The molecule has 0 spiro atoms. The number of carbonyl (C=O) groups excluding carboxylic acids is 2. The average Bonchev–Trinajstić information content (AvgIpc) is 2.96. The van der Waals surface area contributed by atoms with Crippen molar-refractivity contribution < 1.29 is 9.59 Å². The van der Waals surface area contributed by atoms with Gasteiger partial charge in [-0.15, -0.1) is 0 Å². The highest BCUT2D eigenvalue weighted by molar-refractivity contribution is 5.98. The first kappa shape index (κ1) is 18.9. The maximum Gasteiger partial charge on any atom is 0.254 e. The molecule has 1 unspecified atom stereocenters. The Labute approximate surface area is 157 Å². The molecule has 1 aliphatic heterocycles. The van der Waals surface area contributed by atoms with Gasteiger partial charge in [0.05, 0.1) is 0 Å². The number of likely N-dealkylation sites (tertiary alicyclic amines) is 1. The lowest BCUT2D eigenvalue weighted by Gasteiger charge is -2.35. The summed E-state index contributed by atoms with van der Waals surface area (Å²) in [4.78, 5) is 27.3. The Morgan fingerprint density at radius 3 is 2.19 bits per heavy atom. The van der Waals surface area contributed by atoms with Crippen molar-refractivity contribution in [2.75, 3.05) is 6.54 Å². The highest BCUT2D eigenvalue weighted by Crippen LogP contribution is 2.22. The zero-order valence-corrected chi connectivity index (χ0v) is 16.0. The van der Waals surface area contributed by atoms with E-state index in [0.717, 1.165) is 38.6 Å². The van der Waals surface area contributed by atoms with Crippen LogP contribution in [0, 0.1) is 0 Å². The van der Waals surface area contributed by atoms with E-state index >= 15 is 0 Å². The molecule has 1 heterocycles. The van der Waals surface area contributed by atoms with Crippen LogP contribution in [0.5, 0.6) is 0 Å². The van der Waals surface area contributed by atoms with Crippen molar-refractivity contribution in [1.29, 1.82) is 0 Å². The Bertz CT molecular complexity index is 603. The molecule has 1 atom stereocenters. The molecule has 1 aliphatic carbocycles. The van der Waals surface area contributed by atoms with Gasteiger partial charge in [0.25, 0.3) is 11.8 Å². The first-order valence-corrected chi connectivity index (χ1v) is 10.4. The SMILES string of the molecule is CCC1CCCCN1C(=O)c1ccc(C(=O)NC2CCCCCC2)cc1. The molecular formula is C22H32N2O2. The van der Waals surface area contributed by atoms with E-state index in [1.807, 2.05) is 17.0 Å². The Morgan fingerprint density at radius 2 is 1.54 bits per heavy atom. The summed E-state index contributed by atoms with van der Waals surface area (Å²) >= 11 is 0. The van der Waals surface area contributed by atoms with Gasteiger partial charge in [0.2, 0.25) is 0 Å². The first-order valence-electron chi connectivity index (χ1n) is 10.4. The second-order valence-corrected chi connectivity index (χ2v) is 7.80. The fourth-order valence-electron chi connectivity index (χ4n) is 4.31. The van der Waals surface area contributed by atoms with Crippen molar-refractivity contribution >= 4 is 11.8 Å². The third kappa shape index (κ3) is 4.66. The molecule has 1 aromatic rings. The Kier molecular flexibility index (Phi) is 6.70. The maximum absolute atomic E-state index is 12.8. The minimum Gasteiger partial charge on any atom is -0.349 e. The van der Waals surface area contributed by atoms with Crippen LogP contribution >= 0.6 is 0 Å². The number of carbonyl (C=O) groups is 2. The molecule has 1 saturated carbocycles. The van der Waals surface area contributed by atoms with E-state index in [9.17, 15) is 9.59 Å². The van der Waals surface area contributed by atoms with Crippen LogP contribution in [0.4, 0.5) is 0 Å². The van der Waals surface area contributed by atoms with E-state index in [-0.39, 0.29) is 11.8 Å². The summed E-state index contributed by atoms with van der Waals surface area (Å²) in [7, 11) is 0. The number of nitrogens with zero attached hydrogens (tertiary/aromatic N) is 1. The van der Waals surface area contributed by atoms with E-state index < -0.39 is 0 Å². The molecule has 4 heteroatoms. The van der Waals surface area contributed by atoms with Gasteiger partial charge in [-0.25, -0.2) is 0 Å². The van der Waals surface area contributed by atoms with Crippen molar-refractivity contribution in [3.63, 3.8) is 0 Å². The van der Waals surface area contributed by atoms with Crippen molar-refractivity contribution in [2.45, 2.75) is 83.2 Å². The van der Waals surface area contributed by atoms with Crippen LogP contribution < -0.4 is 5.32 Å². The van der Waals surface area contributed by atoms with Crippen LogP contribution in [0.2, 0.25) is 0 Å². The second-order valence-electron chi connectivity index (χ2n) is 7.80. The molecule has 1 saturated heterocycles. The molecule has 2 fully saturated rings. The van der Waals surface area contributed by atoms with Crippen LogP contribution in [0.1, 0.15) is 91.8 Å². The molecule has 3 rings (SSSR count). The Hall–Kier alpha value is -1.84. The number of benzene rings is 1. The second kappa shape index (κ2) is 9.20. The van der Waals surface area contributed by atoms with Crippen LogP contribution in [0.3, 0.4) is 0 Å². The molecule has 0 aromatic heterocycles. The number of nitrogens with one attached hydrogen (secondary N) is 1. The van der Waals surface area contributed by atoms with E-state index in [0.29, 0.717) is 23.2 Å². The summed E-state index contributed by atoms with van der Waals surface area (Å²) in [5.74, 6) is 0.0904. The predicted octanol–water partition coefficient (Wildman–Crippen LogP) is 4.54. The quantitative estimate of drug-likeness (QED) is 0.805. The lowest BCUT2D eigenvalue weighted by molar-refractivity contribution is 0.0607. The molecule has 0 radical (unpaired) electrons. The predicted molar refractivity (Wildman–Crippen MR) is 104 cm³/mol. The van der Waals surface area contributed by atoms with Gasteiger partial charge >= 0.3 is 0 Å². The molecule has 2 amide bonds. The molecule has 4 nitrogen and oxygen atoms in total. The summed E-state index contributed by atoms with van der Waals surface area (Å²) in [6.45, 7) is 3.00. The molecule has 1 aromatic carbocycles. The van der Waals surface area contributed by atoms with Crippen LogP contribution in [0.15, 0.2) is 24.3 Å². The summed E-state index contributed by atoms with van der Waals surface area (Å²) in [5.41, 5.74) is 1.34. The van der Waals surface area contributed by atoms with Gasteiger partial charge in [-0.2, -0.15) is 0 Å². The third-order valence-corrected chi connectivity index (χ3v) is 5.94. The lowest BCUT2D eigenvalue weighted by atomic mass is 9.98. The fraction of sp³-hybridized carbons (Fsp3) is 0.636. The maximum atomic E-state index is 12.8. The van der Waals surface area contributed by atoms with Crippen molar-refractivity contribution in [1.82, 2.24) is 10.2 Å². The normalized spacial score (nSPS) is 21.9. The summed E-state index contributed by atoms with van der Waals surface area (Å²) < 4.78 is 0. The standard InChI is InChI=1S/C22H32N2O2/c1-2-20-11-7-8-16-24(20)22(26)18-14-12-17(13-15-18)21(25)23-19-9-5-3-4-6-10-19/h12-15,19-20H,2-11,16H2,1H3,(H,23,25). The topological polar surface area (TPSA) is 49.4 Å². The number of hydrogen-bond donors (Lipinski definition) is 1. The third-order valence-electron chi connectivity index (χ3n) is 5.94. The van der Waals surface area contributed by atoms with Crippen LogP contribution in [0.25, 0.3) is 0 Å². The number of piperidine rings is 1. The Morgan fingerprint density at radius 1 is 0.923 bits per heavy atom. The number of rotatable bonds is 4. The monoisotopic (exact) mass is 356 g/mol. The van der Waals surface area contributed by atoms with Gasteiger partial charge in [0, 0.05) is 29.8 Å². The smallest absolute Gasteiger partial charge is 0.254 e. The Balaban J connectivity index is 1.62. The van der Waals surface area contributed by atoms with Crippen molar-refractivity contribution in [3.8, 4) is 0 Å². The summed E-state index contributed by atoms with van der Waals surface area (Å²) in [5, 5.41) is 3.17. The minimum atomic E-state index is -0.0136. The average molecular weight is 357 g/mol. The van der Waals surface area contributed by atoms with Gasteiger partial charge in [0.1, 0.15) is 0 Å². The number of hydrogen-bond acceptors (Lipinski definition) is 2. The molecule has 2 aliphatic rings. The summed E-state index contributed by atoms with van der Waals surface area (Å²) in [6.07, 6.45) is 11.5. The van der Waals surface area contributed by atoms with Gasteiger partial charge in [-0.3, -0.25) is 9.59 Å². The summed E-state index contributed by atoms with van der Waals surface area (Å²) in [6, 6.07) is 7.87. The molecule has 1 N–H and O–H groups in total. The highest BCUT2D eigenvalue weighted by atomic mass is 16.2. The van der Waals surface area contributed by atoms with E-state index in [1.54, 1.807) is 12.1 Å². The zero-order chi connectivity index (χ0) is 18.4. The van der Waals surface area contributed by atoms with Gasteiger partial charge in [-0.05, 0) is 62.8 Å². The molecule has 26 heavy (non-hydrogen) atoms. The lowest BCUT2D eigenvalue weighted by Crippen LogP contribution is -2.43. The minimum absolute atomic E-state index is 0.0136. The van der Waals surface area contributed by atoms with Crippen LogP contribution in [-0.2, 0) is 0 Å². The van der Waals surface area contributed by atoms with E-state index in [1.165, 1.54) is 32.1 Å². The molecule has 142 valence electrons. The molecular weight excluding hydrogens is 324 g/mol. The van der Waals surface area contributed by atoms with E-state index in [4.69, 9.17) is 0 Å². The van der Waals surface area contributed by atoms with Crippen molar-refractivity contribution in [2.24, 2.45) is 0 Å². The van der Waals surface area contributed by atoms with Crippen LogP contribution in [-0.4, -0.2) is 35.3 Å². The highest BCUT2D eigenvalue weighted by Gasteiger charge is 2.26. The van der Waals surface area contributed by atoms with Gasteiger partial charge in [-0.1, -0.05) is 32.6 Å². The molecule has 0 bridgehead atoms. The zero-order valence-electron chi connectivity index (χ0n) is 16.0. The largest absolute Gasteiger partial charge is 0.349 e. The van der Waals surface area contributed by atoms with Gasteiger partial charge < -0.3 is 10.2 Å². The fourth-order valence-corrected chi connectivity index (χ4v) is 4.31.